The molecular weight excluding hydrogens is 317 g/mol. The molecule has 1 atom stereocenters. The van der Waals surface area contributed by atoms with Crippen LogP contribution in [0.2, 0.25) is 0 Å². The summed E-state index contributed by atoms with van der Waals surface area (Å²) in [5.74, 6) is -0.0148. The predicted molar refractivity (Wildman–Crippen MR) is 96.9 cm³/mol. The summed E-state index contributed by atoms with van der Waals surface area (Å²) in [6, 6.07) is 11.7. The fourth-order valence-electron chi connectivity index (χ4n) is 3.42. The van der Waals surface area contributed by atoms with Crippen LogP contribution in [0.4, 0.5) is 4.39 Å². The van der Waals surface area contributed by atoms with Gasteiger partial charge in [-0.1, -0.05) is 12.1 Å². The Kier molecular flexibility index (Phi) is 6.36. The first-order chi connectivity index (χ1) is 12.3. The van der Waals surface area contributed by atoms with Crippen molar-refractivity contribution < 1.29 is 9.13 Å². The van der Waals surface area contributed by atoms with Gasteiger partial charge >= 0.3 is 0 Å². The van der Waals surface area contributed by atoms with Crippen molar-refractivity contribution in [3.05, 3.63) is 59.7 Å². The minimum atomic E-state index is -0.305. The van der Waals surface area contributed by atoms with Gasteiger partial charge in [-0.3, -0.25) is 9.88 Å². The lowest BCUT2D eigenvalue weighted by Crippen LogP contribution is -2.35. The molecule has 0 bridgehead atoms. The number of pyridine rings is 1. The molecule has 2 heterocycles. The van der Waals surface area contributed by atoms with Crippen LogP contribution in [0, 0.1) is 5.82 Å². The van der Waals surface area contributed by atoms with Gasteiger partial charge in [-0.25, -0.2) is 4.39 Å². The number of methoxy groups -OCH3 is 1. The Bertz CT molecular complexity index is 657. The first-order valence-electron chi connectivity index (χ1n) is 8.93. The largest absolute Gasteiger partial charge is 0.494 e. The highest BCUT2D eigenvalue weighted by molar-refractivity contribution is 5.29. The maximum absolute atomic E-state index is 14.1. The number of nitrogens with one attached hydrogen (secondary N) is 1. The van der Waals surface area contributed by atoms with Crippen LogP contribution >= 0.6 is 0 Å². The Morgan fingerprint density at radius 2 is 2.12 bits per heavy atom. The molecule has 0 radical (unpaired) electrons. The summed E-state index contributed by atoms with van der Waals surface area (Å²) in [7, 11) is 1.49. The molecule has 0 spiro atoms. The predicted octanol–water partition coefficient (Wildman–Crippen LogP) is 3.37. The van der Waals surface area contributed by atoms with Crippen molar-refractivity contribution in [1.82, 2.24) is 15.2 Å². The third-order valence-corrected chi connectivity index (χ3v) is 4.75. The molecular formula is C20H26FN3O. The van der Waals surface area contributed by atoms with Crippen LogP contribution in [-0.4, -0.2) is 36.1 Å². The second kappa shape index (κ2) is 8.92. The van der Waals surface area contributed by atoms with Crippen LogP contribution in [-0.2, 0) is 13.1 Å². The van der Waals surface area contributed by atoms with E-state index in [1.54, 1.807) is 12.1 Å². The van der Waals surface area contributed by atoms with E-state index in [-0.39, 0.29) is 5.82 Å². The first-order valence-corrected chi connectivity index (χ1v) is 8.93. The maximum Gasteiger partial charge on any atom is 0.165 e. The highest BCUT2D eigenvalue weighted by Gasteiger charge is 2.21. The third-order valence-electron chi connectivity index (χ3n) is 4.75. The molecule has 1 aliphatic rings. The second-order valence-electron chi connectivity index (χ2n) is 6.53. The summed E-state index contributed by atoms with van der Waals surface area (Å²) in [6.07, 6.45) is 5.25. The Hall–Kier alpha value is -1.98. The van der Waals surface area contributed by atoms with Gasteiger partial charge in [0.05, 0.1) is 12.8 Å². The highest BCUT2D eigenvalue weighted by atomic mass is 19.1. The zero-order valence-corrected chi connectivity index (χ0v) is 14.7. The van der Waals surface area contributed by atoms with Gasteiger partial charge in [-0.2, -0.15) is 0 Å². The molecule has 0 aliphatic carbocycles. The van der Waals surface area contributed by atoms with Crippen molar-refractivity contribution in [3.8, 4) is 5.75 Å². The van der Waals surface area contributed by atoms with Gasteiger partial charge in [0.2, 0.25) is 0 Å². The van der Waals surface area contributed by atoms with Crippen LogP contribution < -0.4 is 10.1 Å². The average Bonchev–Trinajstić information content (AvgIpc) is 2.92. The SMILES string of the molecule is COc1ccc(CN(Cc2ccccn2)[C@@H]2CCCNCC2)cc1F. The molecule has 0 unspecified atom stereocenters. The molecule has 1 N–H and O–H groups in total. The second-order valence-corrected chi connectivity index (χ2v) is 6.53. The number of halogens is 1. The summed E-state index contributed by atoms with van der Waals surface area (Å²) >= 11 is 0. The van der Waals surface area contributed by atoms with Gasteiger partial charge in [-0.15, -0.1) is 0 Å². The monoisotopic (exact) mass is 343 g/mol. The van der Waals surface area contributed by atoms with E-state index < -0.39 is 0 Å². The van der Waals surface area contributed by atoms with Gasteiger partial charge in [0.25, 0.3) is 0 Å². The van der Waals surface area contributed by atoms with Crippen molar-refractivity contribution in [1.29, 1.82) is 0 Å². The Morgan fingerprint density at radius 3 is 2.88 bits per heavy atom. The summed E-state index contributed by atoms with van der Waals surface area (Å²) in [5, 5.41) is 3.47. The number of ether oxygens (including phenoxy) is 1. The number of aromatic nitrogens is 1. The van der Waals surface area contributed by atoms with E-state index in [0.717, 1.165) is 43.7 Å². The first kappa shape index (κ1) is 17.8. The molecule has 4 nitrogen and oxygen atoms in total. The lowest BCUT2D eigenvalue weighted by molar-refractivity contribution is 0.162. The van der Waals surface area contributed by atoms with E-state index in [0.29, 0.717) is 18.3 Å². The number of hydrogen-bond acceptors (Lipinski definition) is 4. The number of benzene rings is 1. The van der Waals surface area contributed by atoms with Crippen molar-refractivity contribution in [2.75, 3.05) is 20.2 Å². The average molecular weight is 343 g/mol. The van der Waals surface area contributed by atoms with Crippen molar-refractivity contribution in [2.45, 2.75) is 38.4 Å². The summed E-state index contributed by atoms with van der Waals surface area (Å²) < 4.78 is 19.1. The summed E-state index contributed by atoms with van der Waals surface area (Å²) in [4.78, 5) is 6.90. The lowest BCUT2D eigenvalue weighted by Gasteiger charge is -2.31. The molecule has 1 fully saturated rings. The zero-order chi connectivity index (χ0) is 17.5. The molecule has 5 heteroatoms. The van der Waals surface area contributed by atoms with Crippen molar-refractivity contribution in [3.63, 3.8) is 0 Å². The summed E-state index contributed by atoms with van der Waals surface area (Å²) in [6.45, 7) is 3.59. The lowest BCUT2D eigenvalue weighted by atomic mass is 10.1. The van der Waals surface area contributed by atoms with Gasteiger partial charge in [0.1, 0.15) is 0 Å². The smallest absolute Gasteiger partial charge is 0.165 e. The third kappa shape index (κ3) is 5.00. The fourth-order valence-corrected chi connectivity index (χ4v) is 3.42. The van der Waals surface area contributed by atoms with E-state index in [2.05, 4.69) is 21.3 Å². The van der Waals surface area contributed by atoms with Crippen molar-refractivity contribution >= 4 is 0 Å². The number of hydrogen-bond donors (Lipinski definition) is 1. The molecule has 2 aromatic rings. The van der Waals surface area contributed by atoms with Crippen LogP contribution in [0.25, 0.3) is 0 Å². The zero-order valence-electron chi connectivity index (χ0n) is 14.7. The molecule has 3 rings (SSSR count). The van der Waals surface area contributed by atoms with Gasteiger partial charge in [-0.05, 0) is 62.2 Å². The standard InChI is InChI=1S/C20H26FN3O/c1-25-20-8-7-16(13-19(20)21)14-24(15-17-5-2-3-11-23-17)18-6-4-10-22-12-9-18/h2-3,5,7-8,11,13,18,22H,4,6,9-10,12,14-15H2,1H3/t18-/m1/s1. The molecule has 0 amide bonds. The maximum atomic E-state index is 14.1. The van der Waals surface area contributed by atoms with Crippen molar-refractivity contribution in [2.24, 2.45) is 0 Å². The summed E-state index contributed by atoms with van der Waals surface area (Å²) in [5.41, 5.74) is 2.01. The van der Waals surface area contributed by atoms with Crippen LogP contribution in [0.15, 0.2) is 42.6 Å². The molecule has 25 heavy (non-hydrogen) atoms. The van der Waals surface area contributed by atoms with Gasteiger partial charge in [0.15, 0.2) is 11.6 Å². The fraction of sp³-hybridized carbons (Fsp3) is 0.450. The minimum absolute atomic E-state index is 0.290. The minimum Gasteiger partial charge on any atom is -0.494 e. The molecule has 1 aliphatic heterocycles. The molecule has 1 saturated heterocycles. The topological polar surface area (TPSA) is 37.4 Å². The molecule has 1 aromatic carbocycles. The van der Waals surface area contributed by atoms with Gasteiger partial charge < -0.3 is 10.1 Å². The Morgan fingerprint density at radius 1 is 1.20 bits per heavy atom. The highest BCUT2D eigenvalue weighted by Crippen LogP contribution is 2.22. The van der Waals surface area contributed by atoms with Crippen LogP contribution in [0.3, 0.4) is 0 Å². The number of rotatable bonds is 6. The Labute approximate surface area is 149 Å². The molecule has 0 saturated carbocycles. The molecule has 1 aromatic heterocycles. The quantitative estimate of drug-likeness (QED) is 0.873. The normalized spacial score (nSPS) is 18.1. The Balaban J connectivity index is 1.78. The molecule has 134 valence electrons. The van der Waals surface area contributed by atoms with E-state index in [1.807, 2.05) is 24.4 Å². The van der Waals surface area contributed by atoms with E-state index in [9.17, 15) is 4.39 Å². The number of nitrogens with zero attached hydrogens (tertiary/aromatic N) is 2. The van der Waals surface area contributed by atoms with Gasteiger partial charge in [0, 0.05) is 25.3 Å². The van der Waals surface area contributed by atoms with E-state index in [4.69, 9.17) is 4.74 Å². The van der Waals surface area contributed by atoms with Crippen LogP contribution in [0.5, 0.6) is 5.75 Å². The van der Waals surface area contributed by atoms with E-state index >= 15 is 0 Å². The van der Waals surface area contributed by atoms with E-state index in [1.165, 1.54) is 13.5 Å². The van der Waals surface area contributed by atoms with Crippen LogP contribution in [0.1, 0.15) is 30.5 Å².